The number of fused-ring (bicyclic) bond motifs is 2. The first-order valence-corrected chi connectivity index (χ1v) is 11.2. The van der Waals surface area contributed by atoms with Crippen molar-refractivity contribution < 1.29 is 13.6 Å². The number of nitrogens with zero attached hydrogens (tertiary/aromatic N) is 4. The molecule has 0 unspecified atom stereocenters. The molecule has 1 saturated heterocycles. The number of benzene rings is 1. The molecular weight excluding hydrogens is 436 g/mol. The number of hydrogen-bond donors (Lipinski definition) is 1. The zero-order valence-corrected chi connectivity index (χ0v) is 18.4. The summed E-state index contributed by atoms with van der Waals surface area (Å²) in [5.74, 6) is -2.15. The molecule has 0 bridgehead atoms. The van der Waals surface area contributed by atoms with Gasteiger partial charge in [-0.1, -0.05) is 30.7 Å². The standard InChI is InChI=1S/C23H24ClF2N5O/c1-2-19-20(31-13-17(24)10-28-22(31)29-19)21(32)27-9-14-3-5-18(6-4-14)30-11-15-7-23(25,26)8-16(15)12-30/h3-6,10,13,15-16H,2,7-9,11-12H2,1H3,(H,27,32)/t15-,16+. The summed E-state index contributed by atoms with van der Waals surface area (Å²) in [5.41, 5.74) is 3.09. The van der Waals surface area contributed by atoms with E-state index in [0.29, 0.717) is 48.2 Å². The van der Waals surface area contributed by atoms with E-state index in [2.05, 4.69) is 20.2 Å². The van der Waals surface area contributed by atoms with Crippen LogP contribution in [0.4, 0.5) is 14.5 Å². The van der Waals surface area contributed by atoms with Gasteiger partial charge in [0.1, 0.15) is 5.69 Å². The van der Waals surface area contributed by atoms with Crippen LogP contribution in [0, 0.1) is 11.8 Å². The predicted octanol–water partition coefficient (Wildman–Crippen LogP) is 4.36. The first-order chi connectivity index (χ1) is 15.3. The number of rotatable bonds is 5. The molecule has 9 heteroatoms. The molecule has 2 aromatic heterocycles. The van der Waals surface area contributed by atoms with Crippen LogP contribution in [0.3, 0.4) is 0 Å². The molecule has 1 aliphatic heterocycles. The van der Waals surface area contributed by atoms with Gasteiger partial charge >= 0.3 is 0 Å². The number of carbonyl (C=O) groups is 1. The van der Waals surface area contributed by atoms with Gasteiger partial charge in [-0.25, -0.2) is 18.7 Å². The number of alkyl halides is 2. The molecule has 1 amide bonds. The molecule has 2 aliphatic rings. The highest BCUT2D eigenvalue weighted by atomic mass is 35.5. The van der Waals surface area contributed by atoms with Crippen LogP contribution >= 0.6 is 11.6 Å². The fourth-order valence-corrected chi connectivity index (χ4v) is 5.14. The molecule has 1 saturated carbocycles. The van der Waals surface area contributed by atoms with Crippen LogP contribution in [0.5, 0.6) is 0 Å². The number of aromatic nitrogens is 3. The van der Waals surface area contributed by atoms with E-state index >= 15 is 0 Å². The summed E-state index contributed by atoms with van der Waals surface area (Å²) in [7, 11) is 0. The van der Waals surface area contributed by atoms with Crippen molar-refractivity contribution >= 4 is 29.0 Å². The van der Waals surface area contributed by atoms with Crippen LogP contribution in [0.1, 0.15) is 41.5 Å². The van der Waals surface area contributed by atoms with Crippen molar-refractivity contribution in [2.24, 2.45) is 11.8 Å². The summed E-state index contributed by atoms with van der Waals surface area (Å²) in [6, 6.07) is 7.92. The van der Waals surface area contributed by atoms with Gasteiger partial charge in [0.2, 0.25) is 11.7 Å². The molecular formula is C23H24ClF2N5O. The Kier molecular flexibility index (Phi) is 5.28. The van der Waals surface area contributed by atoms with Crippen LogP contribution in [0.25, 0.3) is 5.78 Å². The highest BCUT2D eigenvalue weighted by molar-refractivity contribution is 6.30. The monoisotopic (exact) mass is 459 g/mol. The molecule has 3 aromatic rings. The molecule has 0 spiro atoms. The fourth-order valence-electron chi connectivity index (χ4n) is 5.00. The van der Waals surface area contributed by atoms with E-state index in [1.54, 1.807) is 10.6 Å². The van der Waals surface area contributed by atoms with Crippen LogP contribution < -0.4 is 10.2 Å². The summed E-state index contributed by atoms with van der Waals surface area (Å²) >= 11 is 6.05. The Balaban J connectivity index is 1.24. The molecule has 1 N–H and O–H groups in total. The van der Waals surface area contributed by atoms with E-state index < -0.39 is 5.92 Å². The molecule has 1 aromatic carbocycles. The van der Waals surface area contributed by atoms with Crippen LogP contribution in [-0.4, -0.2) is 39.3 Å². The van der Waals surface area contributed by atoms with Gasteiger partial charge in [0, 0.05) is 44.4 Å². The second-order valence-corrected chi connectivity index (χ2v) is 9.18. The lowest BCUT2D eigenvalue weighted by Crippen LogP contribution is -2.26. The van der Waals surface area contributed by atoms with E-state index in [1.165, 1.54) is 6.20 Å². The fraction of sp³-hybridized carbons (Fsp3) is 0.435. The highest BCUT2D eigenvalue weighted by Crippen LogP contribution is 2.47. The number of imidazole rings is 1. The molecule has 0 radical (unpaired) electrons. The molecule has 6 nitrogen and oxygen atoms in total. The summed E-state index contributed by atoms with van der Waals surface area (Å²) in [6.07, 6.45) is 3.75. The number of amides is 1. The van der Waals surface area contributed by atoms with Crippen LogP contribution in [0.2, 0.25) is 5.02 Å². The van der Waals surface area contributed by atoms with Crippen molar-refractivity contribution in [2.75, 3.05) is 18.0 Å². The molecule has 2 atom stereocenters. The van der Waals surface area contributed by atoms with Crippen molar-refractivity contribution in [1.82, 2.24) is 19.7 Å². The first-order valence-electron chi connectivity index (χ1n) is 10.9. The maximum Gasteiger partial charge on any atom is 0.270 e. The van der Waals surface area contributed by atoms with E-state index in [-0.39, 0.29) is 30.6 Å². The van der Waals surface area contributed by atoms with Gasteiger partial charge in [0.25, 0.3) is 5.91 Å². The van der Waals surface area contributed by atoms with E-state index in [4.69, 9.17) is 11.6 Å². The Bertz CT molecular complexity index is 1150. The number of carbonyl (C=O) groups excluding carboxylic acids is 1. The van der Waals surface area contributed by atoms with Gasteiger partial charge in [-0.05, 0) is 36.0 Å². The molecule has 1 aliphatic carbocycles. The molecule has 2 fully saturated rings. The number of anilines is 1. The van der Waals surface area contributed by atoms with Crippen LogP contribution in [-0.2, 0) is 13.0 Å². The van der Waals surface area contributed by atoms with Gasteiger partial charge < -0.3 is 10.2 Å². The molecule has 168 valence electrons. The minimum absolute atomic E-state index is 0.00202. The van der Waals surface area contributed by atoms with Gasteiger partial charge in [-0.3, -0.25) is 9.20 Å². The number of nitrogens with one attached hydrogen (secondary N) is 1. The number of hydrogen-bond acceptors (Lipinski definition) is 4. The number of aryl methyl sites for hydroxylation is 1. The number of halogens is 3. The second kappa shape index (κ2) is 7.99. The van der Waals surface area contributed by atoms with Crippen molar-refractivity contribution in [3.8, 4) is 0 Å². The maximum atomic E-state index is 13.6. The zero-order valence-electron chi connectivity index (χ0n) is 17.7. The Morgan fingerprint density at radius 3 is 2.56 bits per heavy atom. The van der Waals surface area contributed by atoms with Gasteiger partial charge in [0.05, 0.1) is 16.9 Å². The van der Waals surface area contributed by atoms with Gasteiger partial charge in [0.15, 0.2) is 0 Å². The summed E-state index contributed by atoms with van der Waals surface area (Å²) in [4.78, 5) is 23.7. The highest BCUT2D eigenvalue weighted by Gasteiger charge is 2.50. The lowest BCUT2D eigenvalue weighted by Gasteiger charge is -2.21. The normalized spacial score (nSPS) is 21.8. The maximum absolute atomic E-state index is 13.6. The Hall–Kier alpha value is -2.74. The summed E-state index contributed by atoms with van der Waals surface area (Å²) in [6.45, 7) is 3.66. The van der Waals surface area contributed by atoms with Gasteiger partial charge in [-0.2, -0.15) is 0 Å². The molecule has 32 heavy (non-hydrogen) atoms. The second-order valence-electron chi connectivity index (χ2n) is 8.74. The average Bonchev–Trinajstić information content (AvgIpc) is 3.40. The van der Waals surface area contributed by atoms with Crippen molar-refractivity contribution in [1.29, 1.82) is 0 Å². The van der Waals surface area contributed by atoms with E-state index in [1.807, 2.05) is 31.2 Å². The van der Waals surface area contributed by atoms with Gasteiger partial charge in [-0.15, -0.1) is 0 Å². The Labute approximate surface area is 189 Å². The average molecular weight is 460 g/mol. The zero-order chi connectivity index (χ0) is 22.5. The van der Waals surface area contributed by atoms with Crippen LogP contribution in [0.15, 0.2) is 36.7 Å². The molecule has 5 rings (SSSR count). The largest absolute Gasteiger partial charge is 0.371 e. The third kappa shape index (κ3) is 3.92. The minimum atomic E-state index is -2.50. The third-order valence-corrected chi connectivity index (χ3v) is 6.72. The summed E-state index contributed by atoms with van der Waals surface area (Å²) < 4.78 is 28.8. The lowest BCUT2D eigenvalue weighted by atomic mass is 10.0. The van der Waals surface area contributed by atoms with Crippen molar-refractivity contribution in [3.05, 3.63) is 58.6 Å². The lowest BCUT2D eigenvalue weighted by molar-refractivity contribution is 0.00173. The topological polar surface area (TPSA) is 62.5 Å². The van der Waals surface area contributed by atoms with Crippen molar-refractivity contribution in [3.63, 3.8) is 0 Å². The predicted molar refractivity (Wildman–Crippen MR) is 118 cm³/mol. The molecule has 3 heterocycles. The minimum Gasteiger partial charge on any atom is -0.371 e. The third-order valence-electron chi connectivity index (χ3n) is 6.52. The Morgan fingerprint density at radius 2 is 1.91 bits per heavy atom. The Morgan fingerprint density at radius 1 is 1.22 bits per heavy atom. The first kappa shape index (κ1) is 21.1. The SMILES string of the molecule is CCc1nc2ncc(Cl)cn2c1C(=O)NCc1ccc(N2C[C@@H]3CC(F)(F)C[C@@H]3C2)cc1. The summed E-state index contributed by atoms with van der Waals surface area (Å²) in [5, 5.41) is 3.38. The van der Waals surface area contributed by atoms with E-state index in [9.17, 15) is 13.6 Å². The van der Waals surface area contributed by atoms with Crippen molar-refractivity contribution in [2.45, 2.75) is 38.7 Å². The quantitative estimate of drug-likeness (QED) is 0.616. The smallest absolute Gasteiger partial charge is 0.270 e. The van der Waals surface area contributed by atoms with E-state index in [0.717, 1.165) is 11.3 Å².